The SMILES string of the molecule is Cc1ccc(NC(=O)CN2C(=O)S/C(=C/c3ccc(C(C)C)cc3)C2=O)cc1. The first-order chi connectivity index (χ1) is 13.3. The molecule has 6 heteroatoms. The first-order valence-electron chi connectivity index (χ1n) is 9.05. The number of rotatable bonds is 5. The molecule has 1 aliphatic rings. The van der Waals surface area contributed by atoms with Gasteiger partial charge in [-0.1, -0.05) is 55.8 Å². The number of aryl methyl sites for hydroxylation is 1. The molecule has 1 aliphatic heterocycles. The van der Waals surface area contributed by atoms with E-state index < -0.39 is 17.1 Å². The molecule has 0 atom stereocenters. The number of hydrogen-bond donors (Lipinski definition) is 1. The Hall–Kier alpha value is -2.86. The molecule has 2 aromatic carbocycles. The van der Waals surface area contributed by atoms with E-state index in [1.807, 2.05) is 43.3 Å². The molecule has 1 saturated heterocycles. The van der Waals surface area contributed by atoms with Crippen LogP contribution >= 0.6 is 11.8 Å². The minimum Gasteiger partial charge on any atom is -0.325 e. The van der Waals surface area contributed by atoms with Crippen LogP contribution in [0.2, 0.25) is 0 Å². The minimum absolute atomic E-state index is 0.303. The van der Waals surface area contributed by atoms with Crippen LogP contribution in [-0.2, 0) is 9.59 Å². The van der Waals surface area contributed by atoms with Crippen LogP contribution in [0.15, 0.2) is 53.4 Å². The molecule has 0 spiro atoms. The molecule has 0 bridgehead atoms. The first kappa shape index (κ1) is 19.9. The average molecular weight is 394 g/mol. The normalized spacial score (nSPS) is 15.6. The highest BCUT2D eigenvalue weighted by Crippen LogP contribution is 2.32. The summed E-state index contributed by atoms with van der Waals surface area (Å²) >= 11 is 0.856. The van der Waals surface area contributed by atoms with E-state index in [-0.39, 0.29) is 6.54 Å². The van der Waals surface area contributed by atoms with Crippen LogP contribution in [0, 0.1) is 6.92 Å². The second-order valence-electron chi connectivity index (χ2n) is 7.00. The van der Waals surface area contributed by atoms with Crippen LogP contribution in [0.3, 0.4) is 0 Å². The number of anilines is 1. The molecule has 1 fully saturated rings. The Morgan fingerprint density at radius 1 is 1.07 bits per heavy atom. The van der Waals surface area contributed by atoms with Crippen molar-refractivity contribution in [2.45, 2.75) is 26.7 Å². The van der Waals surface area contributed by atoms with Crippen molar-refractivity contribution in [1.29, 1.82) is 0 Å². The van der Waals surface area contributed by atoms with Gasteiger partial charge in [0.2, 0.25) is 5.91 Å². The number of benzene rings is 2. The molecule has 3 amide bonds. The van der Waals surface area contributed by atoms with Gasteiger partial charge in [0.05, 0.1) is 4.91 Å². The van der Waals surface area contributed by atoms with Crippen molar-refractivity contribution in [3.63, 3.8) is 0 Å². The molecule has 1 heterocycles. The summed E-state index contributed by atoms with van der Waals surface area (Å²) in [5, 5.41) is 2.27. The molecule has 0 saturated carbocycles. The highest BCUT2D eigenvalue weighted by Gasteiger charge is 2.36. The quantitative estimate of drug-likeness (QED) is 0.740. The lowest BCUT2D eigenvalue weighted by Gasteiger charge is -2.12. The van der Waals surface area contributed by atoms with E-state index in [0.29, 0.717) is 16.5 Å². The van der Waals surface area contributed by atoms with E-state index in [0.717, 1.165) is 27.8 Å². The van der Waals surface area contributed by atoms with Crippen molar-refractivity contribution >= 4 is 40.6 Å². The second kappa shape index (κ2) is 8.44. The highest BCUT2D eigenvalue weighted by molar-refractivity contribution is 8.18. The maximum atomic E-state index is 12.6. The van der Waals surface area contributed by atoms with Crippen molar-refractivity contribution < 1.29 is 14.4 Å². The number of nitrogens with one attached hydrogen (secondary N) is 1. The summed E-state index contributed by atoms with van der Waals surface area (Å²) in [6.07, 6.45) is 1.69. The Bertz CT molecular complexity index is 931. The third-order valence-electron chi connectivity index (χ3n) is 4.41. The number of carbonyl (C=O) groups is 3. The van der Waals surface area contributed by atoms with Gasteiger partial charge in [-0.3, -0.25) is 19.3 Å². The first-order valence-corrected chi connectivity index (χ1v) is 9.87. The molecule has 0 aromatic heterocycles. The summed E-state index contributed by atoms with van der Waals surface area (Å²) < 4.78 is 0. The summed E-state index contributed by atoms with van der Waals surface area (Å²) in [6.45, 7) is 5.88. The van der Waals surface area contributed by atoms with E-state index in [1.165, 1.54) is 5.56 Å². The van der Waals surface area contributed by atoms with Crippen molar-refractivity contribution in [2.75, 3.05) is 11.9 Å². The van der Waals surface area contributed by atoms with Gasteiger partial charge < -0.3 is 5.32 Å². The predicted octanol–water partition coefficient (Wildman–Crippen LogP) is 4.79. The zero-order valence-electron chi connectivity index (χ0n) is 16.1. The lowest BCUT2D eigenvalue weighted by atomic mass is 10.0. The van der Waals surface area contributed by atoms with Gasteiger partial charge in [-0.15, -0.1) is 0 Å². The lowest BCUT2D eigenvalue weighted by molar-refractivity contribution is -0.127. The van der Waals surface area contributed by atoms with Crippen molar-refractivity contribution in [1.82, 2.24) is 4.90 Å². The summed E-state index contributed by atoms with van der Waals surface area (Å²) in [4.78, 5) is 38.3. The topological polar surface area (TPSA) is 66.5 Å². The molecule has 3 rings (SSSR count). The molecule has 0 aliphatic carbocycles. The van der Waals surface area contributed by atoms with Crippen LogP contribution < -0.4 is 5.32 Å². The lowest BCUT2D eigenvalue weighted by Crippen LogP contribution is -2.36. The third kappa shape index (κ3) is 4.70. The molecule has 0 radical (unpaired) electrons. The molecule has 2 aromatic rings. The number of nitrogens with zero attached hydrogens (tertiary/aromatic N) is 1. The second-order valence-corrected chi connectivity index (χ2v) is 8.00. The van der Waals surface area contributed by atoms with Gasteiger partial charge in [0.25, 0.3) is 11.1 Å². The van der Waals surface area contributed by atoms with Crippen molar-refractivity contribution in [3.05, 3.63) is 70.1 Å². The van der Waals surface area contributed by atoms with E-state index in [4.69, 9.17) is 0 Å². The molecular formula is C22H22N2O3S. The fourth-order valence-electron chi connectivity index (χ4n) is 2.75. The standard InChI is InChI=1S/C22H22N2O3S/c1-14(2)17-8-6-16(7-9-17)12-19-21(26)24(22(27)28-19)13-20(25)23-18-10-4-15(3)5-11-18/h4-12,14H,13H2,1-3H3,(H,23,25)/b19-12+. The van der Waals surface area contributed by atoms with E-state index in [9.17, 15) is 14.4 Å². The van der Waals surface area contributed by atoms with Gasteiger partial charge in [0.15, 0.2) is 0 Å². The number of imide groups is 1. The number of thioether (sulfide) groups is 1. The predicted molar refractivity (Wildman–Crippen MR) is 113 cm³/mol. The summed E-state index contributed by atoms with van der Waals surface area (Å²) in [5.74, 6) is -0.427. The largest absolute Gasteiger partial charge is 0.325 e. The maximum absolute atomic E-state index is 12.6. The molecule has 1 N–H and O–H groups in total. The van der Waals surface area contributed by atoms with Gasteiger partial charge in [0.1, 0.15) is 6.54 Å². The van der Waals surface area contributed by atoms with E-state index >= 15 is 0 Å². The van der Waals surface area contributed by atoms with Crippen LogP contribution in [-0.4, -0.2) is 28.5 Å². The van der Waals surface area contributed by atoms with Crippen LogP contribution in [0.5, 0.6) is 0 Å². The number of hydrogen-bond acceptors (Lipinski definition) is 4. The Kier molecular flexibility index (Phi) is 5.99. The smallest absolute Gasteiger partial charge is 0.294 e. The Morgan fingerprint density at radius 3 is 2.32 bits per heavy atom. The minimum atomic E-state index is -0.443. The summed E-state index contributed by atoms with van der Waals surface area (Å²) in [7, 11) is 0. The fourth-order valence-corrected chi connectivity index (χ4v) is 3.58. The zero-order valence-corrected chi connectivity index (χ0v) is 16.9. The molecule has 5 nitrogen and oxygen atoms in total. The van der Waals surface area contributed by atoms with E-state index in [1.54, 1.807) is 18.2 Å². The van der Waals surface area contributed by atoms with E-state index in [2.05, 4.69) is 19.2 Å². The molecule has 28 heavy (non-hydrogen) atoms. The Balaban J connectivity index is 1.67. The number of amides is 3. The maximum Gasteiger partial charge on any atom is 0.294 e. The average Bonchev–Trinajstić information content (AvgIpc) is 2.91. The van der Waals surface area contributed by atoms with Crippen molar-refractivity contribution in [2.24, 2.45) is 0 Å². The summed E-state index contributed by atoms with van der Waals surface area (Å²) in [5.41, 5.74) is 3.76. The van der Waals surface area contributed by atoms with Gasteiger partial charge in [-0.2, -0.15) is 0 Å². The fraction of sp³-hybridized carbons (Fsp3) is 0.227. The third-order valence-corrected chi connectivity index (χ3v) is 5.32. The van der Waals surface area contributed by atoms with Gasteiger partial charge in [-0.05, 0) is 53.9 Å². The van der Waals surface area contributed by atoms with Crippen LogP contribution in [0.4, 0.5) is 10.5 Å². The molecule has 144 valence electrons. The zero-order chi connectivity index (χ0) is 20.3. The highest BCUT2D eigenvalue weighted by atomic mass is 32.2. The monoisotopic (exact) mass is 394 g/mol. The van der Waals surface area contributed by atoms with Crippen LogP contribution in [0.25, 0.3) is 6.08 Å². The Labute approximate surface area is 168 Å². The van der Waals surface area contributed by atoms with Gasteiger partial charge in [0, 0.05) is 5.69 Å². The summed E-state index contributed by atoms with van der Waals surface area (Å²) in [6, 6.07) is 15.2. The Morgan fingerprint density at radius 2 is 1.71 bits per heavy atom. The van der Waals surface area contributed by atoms with Gasteiger partial charge >= 0.3 is 0 Å². The molecule has 0 unspecified atom stereocenters. The number of carbonyl (C=O) groups excluding carboxylic acids is 3. The van der Waals surface area contributed by atoms with Crippen LogP contribution in [0.1, 0.15) is 36.5 Å². The molecular weight excluding hydrogens is 372 g/mol. The van der Waals surface area contributed by atoms with Crippen molar-refractivity contribution in [3.8, 4) is 0 Å². The van der Waals surface area contributed by atoms with Gasteiger partial charge in [-0.25, -0.2) is 0 Å².